The molecule has 2 aliphatic carbocycles. The van der Waals surface area contributed by atoms with Crippen LogP contribution in [0.2, 0.25) is 0 Å². The number of rotatable bonds is 2. The molecule has 0 amide bonds. The second-order valence-corrected chi connectivity index (χ2v) is 6.09. The highest BCUT2D eigenvalue weighted by atomic mass is 19.1. The van der Waals surface area contributed by atoms with Crippen molar-refractivity contribution in [1.29, 1.82) is 0 Å². The van der Waals surface area contributed by atoms with E-state index in [0.29, 0.717) is 17.7 Å². The molecule has 6 heteroatoms. The molecule has 1 heterocycles. The molecule has 110 valence electrons. The number of nitrogens with zero attached hydrogens (tertiary/aromatic N) is 2. The molecule has 0 radical (unpaired) electrons. The average Bonchev–Trinajstić information content (AvgIpc) is 3.17. The topological polar surface area (TPSA) is 64.9 Å². The molecule has 1 aromatic carbocycles. The van der Waals surface area contributed by atoms with Gasteiger partial charge >= 0.3 is 0 Å². The third-order valence-electron chi connectivity index (χ3n) is 4.83. The summed E-state index contributed by atoms with van der Waals surface area (Å²) in [6.45, 7) is 0. The lowest BCUT2D eigenvalue weighted by molar-refractivity contribution is 0.372. The van der Waals surface area contributed by atoms with Gasteiger partial charge in [0.15, 0.2) is 5.82 Å². The largest absolute Gasteiger partial charge is 0.396 e. The molecule has 4 rings (SSSR count). The molecular formula is C15H15F2N3O. The second kappa shape index (κ2) is 4.51. The lowest BCUT2D eigenvalue weighted by atomic mass is 9.88. The highest BCUT2D eigenvalue weighted by molar-refractivity contribution is 5.61. The van der Waals surface area contributed by atoms with E-state index in [1.54, 1.807) is 0 Å². The Labute approximate surface area is 120 Å². The molecule has 2 aliphatic rings. The van der Waals surface area contributed by atoms with Gasteiger partial charge in [-0.15, -0.1) is 0 Å². The minimum absolute atomic E-state index is 0.0517. The summed E-state index contributed by atoms with van der Waals surface area (Å²) in [6, 6.07) is 1.94. The zero-order valence-electron chi connectivity index (χ0n) is 11.4. The Balaban J connectivity index is 1.67. The summed E-state index contributed by atoms with van der Waals surface area (Å²) in [5, 5.41) is 4.00. The maximum absolute atomic E-state index is 13.8. The van der Waals surface area contributed by atoms with Gasteiger partial charge in [-0.2, -0.15) is 4.98 Å². The number of anilines is 1. The molecule has 0 spiro atoms. The van der Waals surface area contributed by atoms with E-state index in [1.165, 1.54) is 25.3 Å². The molecule has 2 bridgehead atoms. The SMILES string of the molecule is Nc1cc(-c2nc(C3CC4CCC3C4)no2)c(F)cc1F. The number of aromatic nitrogens is 2. The third kappa shape index (κ3) is 2.01. The van der Waals surface area contributed by atoms with Crippen molar-refractivity contribution >= 4 is 5.69 Å². The molecule has 0 saturated heterocycles. The van der Waals surface area contributed by atoms with Crippen LogP contribution < -0.4 is 5.73 Å². The van der Waals surface area contributed by atoms with Crippen LogP contribution in [-0.4, -0.2) is 10.1 Å². The van der Waals surface area contributed by atoms with Crippen molar-refractivity contribution < 1.29 is 13.3 Å². The Morgan fingerprint density at radius 1 is 1.14 bits per heavy atom. The van der Waals surface area contributed by atoms with E-state index >= 15 is 0 Å². The van der Waals surface area contributed by atoms with Crippen LogP contribution in [0, 0.1) is 23.5 Å². The van der Waals surface area contributed by atoms with Crippen LogP contribution in [0.25, 0.3) is 11.5 Å². The third-order valence-corrected chi connectivity index (χ3v) is 4.83. The summed E-state index contributed by atoms with van der Waals surface area (Å²) < 4.78 is 32.2. The fraction of sp³-hybridized carbons (Fsp3) is 0.467. The molecule has 0 aliphatic heterocycles. The quantitative estimate of drug-likeness (QED) is 0.860. The van der Waals surface area contributed by atoms with Crippen molar-refractivity contribution in [3.8, 4) is 11.5 Å². The Hall–Kier alpha value is -1.98. The first-order chi connectivity index (χ1) is 10.1. The van der Waals surface area contributed by atoms with Crippen LogP contribution in [0.3, 0.4) is 0 Å². The van der Waals surface area contributed by atoms with Crippen LogP contribution in [-0.2, 0) is 0 Å². The number of nitrogens with two attached hydrogens (primary N) is 1. The maximum Gasteiger partial charge on any atom is 0.260 e. The summed E-state index contributed by atoms with van der Waals surface area (Å²) in [7, 11) is 0. The van der Waals surface area contributed by atoms with Gasteiger partial charge in [-0.25, -0.2) is 8.78 Å². The van der Waals surface area contributed by atoms with E-state index in [1.807, 2.05) is 0 Å². The highest BCUT2D eigenvalue weighted by Crippen LogP contribution is 2.52. The molecule has 3 unspecified atom stereocenters. The highest BCUT2D eigenvalue weighted by Gasteiger charge is 2.42. The molecule has 2 aromatic rings. The molecule has 4 nitrogen and oxygen atoms in total. The van der Waals surface area contributed by atoms with Gasteiger partial charge in [0, 0.05) is 12.0 Å². The van der Waals surface area contributed by atoms with Crippen molar-refractivity contribution in [3.63, 3.8) is 0 Å². The van der Waals surface area contributed by atoms with Gasteiger partial charge in [-0.3, -0.25) is 0 Å². The van der Waals surface area contributed by atoms with E-state index in [0.717, 1.165) is 18.4 Å². The summed E-state index contributed by atoms with van der Waals surface area (Å²) in [5.41, 5.74) is 5.39. The molecule has 1 aromatic heterocycles. The standard InChI is InChI=1S/C15H15F2N3O/c16-11-6-12(17)13(18)5-10(11)15-19-14(20-21-15)9-4-7-1-2-8(9)3-7/h5-9H,1-4,18H2. The van der Waals surface area contributed by atoms with Gasteiger partial charge in [-0.05, 0) is 37.2 Å². The number of hydrogen-bond donors (Lipinski definition) is 1. The Morgan fingerprint density at radius 3 is 2.71 bits per heavy atom. The van der Waals surface area contributed by atoms with Gasteiger partial charge in [-0.1, -0.05) is 11.6 Å². The fourth-order valence-electron chi connectivity index (χ4n) is 3.79. The predicted molar refractivity (Wildman–Crippen MR) is 72.3 cm³/mol. The molecule has 2 N–H and O–H groups in total. The lowest BCUT2D eigenvalue weighted by Crippen LogP contribution is -2.09. The van der Waals surface area contributed by atoms with Gasteiger partial charge in [0.1, 0.15) is 11.6 Å². The van der Waals surface area contributed by atoms with Gasteiger partial charge in [0.05, 0.1) is 11.3 Å². The van der Waals surface area contributed by atoms with Crippen molar-refractivity contribution in [2.45, 2.75) is 31.6 Å². The first-order valence-corrected chi connectivity index (χ1v) is 7.20. The first-order valence-electron chi connectivity index (χ1n) is 7.20. The predicted octanol–water partition coefficient (Wildman–Crippen LogP) is 3.50. The molecular weight excluding hydrogens is 276 g/mol. The van der Waals surface area contributed by atoms with Crippen LogP contribution in [0.5, 0.6) is 0 Å². The van der Waals surface area contributed by atoms with E-state index in [-0.39, 0.29) is 17.1 Å². The number of halogens is 2. The Morgan fingerprint density at radius 2 is 2.00 bits per heavy atom. The normalized spacial score (nSPS) is 27.4. The zero-order valence-corrected chi connectivity index (χ0v) is 11.4. The van der Waals surface area contributed by atoms with Crippen LogP contribution in [0.15, 0.2) is 16.7 Å². The Kier molecular flexibility index (Phi) is 2.74. The van der Waals surface area contributed by atoms with Crippen molar-refractivity contribution in [2.75, 3.05) is 5.73 Å². The fourth-order valence-corrected chi connectivity index (χ4v) is 3.79. The monoisotopic (exact) mass is 291 g/mol. The first kappa shape index (κ1) is 12.7. The van der Waals surface area contributed by atoms with E-state index < -0.39 is 11.6 Å². The van der Waals surface area contributed by atoms with Gasteiger partial charge in [0.2, 0.25) is 0 Å². The van der Waals surface area contributed by atoms with Gasteiger partial charge < -0.3 is 10.3 Å². The van der Waals surface area contributed by atoms with Crippen molar-refractivity contribution in [3.05, 3.63) is 29.6 Å². The molecule has 3 atom stereocenters. The van der Waals surface area contributed by atoms with Crippen LogP contribution in [0.1, 0.15) is 37.4 Å². The maximum atomic E-state index is 13.8. The summed E-state index contributed by atoms with van der Waals surface area (Å²) in [5.74, 6) is 0.858. The number of fused-ring (bicyclic) bond motifs is 2. The molecule has 2 fully saturated rings. The minimum atomic E-state index is -0.788. The smallest absolute Gasteiger partial charge is 0.260 e. The van der Waals surface area contributed by atoms with E-state index in [9.17, 15) is 8.78 Å². The van der Waals surface area contributed by atoms with Crippen LogP contribution >= 0.6 is 0 Å². The number of nitrogen functional groups attached to an aromatic ring is 1. The summed E-state index contributed by atoms with van der Waals surface area (Å²) in [6.07, 6.45) is 4.80. The van der Waals surface area contributed by atoms with Crippen molar-refractivity contribution in [2.24, 2.45) is 11.8 Å². The lowest BCUT2D eigenvalue weighted by Gasteiger charge is -2.17. The van der Waals surface area contributed by atoms with Crippen LogP contribution in [0.4, 0.5) is 14.5 Å². The Bertz CT molecular complexity index is 700. The van der Waals surface area contributed by atoms with E-state index in [4.69, 9.17) is 10.3 Å². The summed E-state index contributed by atoms with van der Waals surface area (Å²) in [4.78, 5) is 4.32. The molecule has 21 heavy (non-hydrogen) atoms. The average molecular weight is 291 g/mol. The zero-order chi connectivity index (χ0) is 14.6. The number of hydrogen-bond acceptors (Lipinski definition) is 4. The minimum Gasteiger partial charge on any atom is -0.396 e. The number of benzene rings is 1. The molecule has 2 saturated carbocycles. The van der Waals surface area contributed by atoms with Crippen molar-refractivity contribution in [1.82, 2.24) is 10.1 Å². The van der Waals surface area contributed by atoms with E-state index in [2.05, 4.69) is 10.1 Å². The second-order valence-electron chi connectivity index (χ2n) is 6.09. The summed E-state index contributed by atoms with van der Waals surface area (Å²) >= 11 is 0. The van der Waals surface area contributed by atoms with Gasteiger partial charge in [0.25, 0.3) is 5.89 Å².